The number of hydrogen-bond acceptors (Lipinski definition) is 8. The Hall–Kier alpha value is -3.87. The number of benzene rings is 3. The van der Waals surface area contributed by atoms with Crippen molar-refractivity contribution in [1.82, 2.24) is 10.2 Å². The van der Waals surface area contributed by atoms with Gasteiger partial charge >= 0.3 is 0 Å². The maximum absolute atomic E-state index is 14.4. The number of carbonyl (C=O) groups is 2. The van der Waals surface area contributed by atoms with Gasteiger partial charge < -0.3 is 29.2 Å². The topological polar surface area (TPSA) is 124 Å². The fraction of sp³-hybridized carbons (Fsp3) is 0.375. The van der Waals surface area contributed by atoms with Crippen LogP contribution in [0, 0.1) is 0 Å². The number of ether oxygens (including phenoxy) is 4. The van der Waals surface area contributed by atoms with Crippen molar-refractivity contribution in [2.75, 3.05) is 39.3 Å². The maximum Gasteiger partial charge on any atom is 0.265 e. The molecule has 2 amide bonds. The zero-order chi connectivity index (χ0) is 34.2. The van der Waals surface area contributed by atoms with Crippen LogP contribution in [-0.2, 0) is 26.2 Å². The van der Waals surface area contributed by atoms with Gasteiger partial charge in [-0.2, -0.15) is 0 Å². The molecule has 0 spiro atoms. The van der Waals surface area contributed by atoms with Crippen molar-refractivity contribution < 1.29 is 37.0 Å². The summed E-state index contributed by atoms with van der Waals surface area (Å²) < 4.78 is 51.3. The number of nitrogens with one attached hydrogen (secondary N) is 1. The molecule has 0 fully saturated rings. The molecule has 0 aromatic heterocycles. The highest BCUT2D eigenvalue weighted by Crippen LogP contribution is 2.38. The molecule has 0 aliphatic heterocycles. The second-order valence-corrected chi connectivity index (χ2v) is 13.0. The van der Waals surface area contributed by atoms with Gasteiger partial charge in [-0.1, -0.05) is 36.2 Å². The molecule has 3 rings (SSSR count). The summed E-state index contributed by atoms with van der Waals surface area (Å²) in [6.45, 7) is 4.41. The Morgan fingerprint density at radius 2 is 1.46 bits per heavy atom. The van der Waals surface area contributed by atoms with Crippen LogP contribution in [0.2, 0.25) is 10.0 Å². The third kappa shape index (κ3) is 8.28. The van der Waals surface area contributed by atoms with Crippen molar-refractivity contribution >= 4 is 50.7 Å². The van der Waals surface area contributed by atoms with Gasteiger partial charge in [-0.25, -0.2) is 8.42 Å². The van der Waals surface area contributed by atoms with Gasteiger partial charge in [0.05, 0.1) is 39.0 Å². The molecule has 0 aliphatic rings. The summed E-state index contributed by atoms with van der Waals surface area (Å²) in [5, 5.41) is 3.45. The van der Waals surface area contributed by atoms with Crippen LogP contribution in [-0.4, -0.2) is 72.2 Å². The summed E-state index contributed by atoms with van der Waals surface area (Å²) in [6, 6.07) is 12.3. The molecule has 1 N–H and O–H groups in total. The number of amides is 2. The van der Waals surface area contributed by atoms with Gasteiger partial charge in [0.1, 0.15) is 24.1 Å². The zero-order valence-corrected chi connectivity index (χ0v) is 29.1. The summed E-state index contributed by atoms with van der Waals surface area (Å²) in [6.07, 6.45) is 0.662. The number of methoxy groups -OCH3 is 4. The van der Waals surface area contributed by atoms with Crippen molar-refractivity contribution in [1.29, 1.82) is 0 Å². The fourth-order valence-corrected chi connectivity index (χ4v) is 6.46. The van der Waals surface area contributed by atoms with Crippen molar-refractivity contribution in [2.45, 2.75) is 50.7 Å². The lowest BCUT2D eigenvalue weighted by Crippen LogP contribution is -2.52. The van der Waals surface area contributed by atoms with E-state index in [1.165, 1.54) is 63.7 Å². The lowest BCUT2D eigenvalue weighted by atomic mass is 10.1. The monoisotopic (exact) mass is 695 g/mol. The van der Waals surface area contributed by atoms with Crippen molar-refractivity contribution in [3.8, 4) is 23.0 Å². The first-order valence-corrected chi connectivity index (χ1v) is 16.5. The number of nitrogens with zero attached hydrogens (tertiary/aromatic N) is 2. The van der Waals surface area contributed by atoms with Crippen LogP contribution in [0.25, 0.3) is 0 Å². The van der Waals surface area contributed by atoms with Gasteiger partial charge in [0.25, 0.3) is 10.0 Å². The second kappa shape index (κ2) is 16.1. The lowest BCUT2D eigenvalue weighted by Gasteiger charge is -2.33. The predicted octanol–water partition coefficient (Wildman–Crippen LogP) is 5.56. The van der Waals surface area contributed by atoms with Crippen molar-refractivity contribution in [2.24, 2.45) is 0 Å². The van der Waals surface area contributed by atoms with E-state index in [0.717, 1.165) is 4.31 Å². The van der Waals surface area contributed by atoms with Gasteiger partial charge in [0.2, 0.25) is 11.8 Å². The SMILES string of the molecule is CC[C@@H](C)NC(=O)[C@@H](C)N(Cc1c(Cl)cccc1Cl)C(=O)CN(c1cc(OC)ccc1OC)S(=O)(=O)c1ccc(OC)c(OC)c1. The van der Waals surface area contributed by atoms with E-state index in [1.54, 1.807) is 31.2 Å². The zero-order valence-electron chi connectivity index (χ0n) is 26.8. The molecule has 250 valence electrons. The van der Waals surface area contributed by atoms with E-state index in [2.05, 4.69) is 5.32 Å². The van der Waals surface area contributed by atoms with Crippen molar-refractivity contribution in [3.05, 3.63) is 70.2 Å². The first-order chi connectivity index (χ1) is 21.8. The Bertz CT molecular complexity index is 1630. The number of carbonyl (C=O) groups excluding carboxylic acids is 2. The Morgan fingerprint density at radius 1 is 0.848 bits per heavy atom. The quantitative estimate of drug-likeness (QED) is 0.219. The maximum atomic E-state index is 14.4. The number of anilines is 1. The van der Waals surface area contributed by atoms with E-state index in [1.807, 2.05) is 13.8 Å². The van der Waals surface area contributed by atoms with E-state index < -0.39 is 34.4 Å². The highest BCUT2D eigenvalue weighted by molar-refractivity contribution is 7.92. The molecule has 11 nitrogen and oxygen atoms in total. The minimum absolute atomic E-state index is 0.0254. The largest absolute Gasteiger partial charge is 0.497 e. The highest BCUT2D eigenvalue weighted by atomic mass is 35.5. The molecule has 0 radical (unpaired) electrons. The van der Waals surface area contributed by atoms with Gasteiger partial charge in [-0.3, -0.25) is 13.9 Å². The Morgan fingerprint density at radius 3 is 2.02 bits per heavy atom. The molecule has 3 aromatic carbocycles. The number of halogens is 2. The summed E-state index contributed by atoms with van der Waals surface area (Å²) in [5.41, 5.74) is 0.424. The fourth-order valence-electron chi connectivity index (χ4n) is 4.51. The number of sulfonamides is 1. The van der Waals surface area contributed by atoms with E-state index >= 15 is 0 Å². The summed E-state index contributed by atoms with van der Waals surface area (Å²) >= 11 is 12.9. The van der Waals surface area contributed by atoms with Crippen LogP contribution in [0.4, 0.5) is 5.69 Å². The number of hydrogen-bond donors (Lipinski definition) is 1. The van der Waals surface area contributed by atoms with E-state index in [9.17, 15) is 18.0 Å². The second-order valence-electron chi connectivity index (χ2n) is 10.3. The van der Waals surface area contributed by atoms with Gasteiger partial charge in [0, 0.05) is 40.3 Å². The Kier molecular flexibility index (Phi) is 12.8. The minimum Gasteiger partial charge on any atom is -0.497 e. The smallest absolute Gasteiger partial charge is 0.265 e. The molecular weight excluding hydrogens is 657 g/mol. The van der Waals surface area contributed by atoms with E-state index in [4.69, 9.17) is 42.1 Å². The average molecular weight is 697 g/mol. The number of rotatable bonds is 15. The van der Waals surface area contributed by atoms with Crippen LogP contribution >= 0.6 is 23.2 Å². The van der Waals surface area contributed by atoms with Gasteiger partial charge in [0.15, 0.2) is 11.5 Å². The van der Waals surface area contributed by atoms with E-state index in [0.29, 0.717) is 23.5 Å². The molecular formula is C32H39Cl2N3O8S. The normalized spacial score (nSPS) is 12.5. The van der Waals surface area contributed by atoms with Gasteiger partial charge in [-0.15, -0.1) is 0 Å². The van der Waals surface area contributed by atoms with Gasteiger partial charge in [-0.05, 0) is 56.7 Å². The molecule has 0 heterocycles. The van der Waals surface area contributed by atoms with Crippen molar-refractivity contribution in [3.63, 3.8) is 0 Å². The third-order valence-electron chi connectivity index (χ3n) is 7.44. The molecule has 46 heavy (non-hydrogen) atoms. The average Bonchev–Trinajstić information content (AvgIpc) is 3.05. The standard InChI is InChI=1S/C32H39Cl2N3O8S/c1-8-20(2)35-32(39)21(3)36(18-24-25(33)10-9-11-26(24)34)31(38)19-37(27-16-22(42-4)12-14-28(27)43-5)46(40,41)23-13-15-29(44-6)30(17-23)45-7/h9-17,20-21H,8,18-19H2,1-7H3,(H,35,39)/t20-,21-/m1/s1. The molecule has 0 bridgehead atoms. The highest BCUT2D eigenvalue weighted by Gasteiger charge is 2.35. The molecule has 2 atom stereocenters. The van der Waals surface area contributed by atoms with Crippen LogP contribution in [0.3, 0.4) is 0 Å². The molecule has 14 heteroatoms. The minimum atomic E-state index is -4.49. The van der Waals surface area contributed by atoms with E-state index in [-0.39, 0.29) is 44.7 Å². The van der Waals surface area contributed by atoms with Crippen LogP contribution in [0.5, 0.6) is 23.0 Å². The molecule has 3 aromatic rings. The predicted molar refractivity (Wildman–Crippen MR) is 178 cm³/mol. The molecule has 0 saturated carbocycles. The Balaban J connectivity index is 2.20. The first-order valence-electron chi connectivity index (χ1n) is 14.3. The van der Waals surface area contributed by atoms with Crippen LogP contribution in [0.15, 0.2) is 59.5 Å². The summed E-state index contributed by atoms with van der Waals surface area (Å²) in [7, 11) is 1.12. The molecule has 0 aliphatic carbocycles. The third-order valence-corrected chi connectivity index (χ3v) is 9.90. The molecule has 0 saturated heterocycles. The Labute approximate surface area is 280 Å². The lowest BCUT2D eigenvalue weighted by molar-refractivity contribution is -0.139. The van der Waals surface area contributed by atoms with Crippen LogP contribution < -0.4 is 28.6 Å². The first kappa shape index (κ1) is 36.6. The summed E-state index contributed by atoms with van der Waals surface area (Å²) in [5.74, 6) is -0.196. The van der Waals surface area contributed by atoms with Crippen LogP contribution in [0.1, 0.15) is 32.8 Å². The summed E-state index contributed by atoms with van der Waals surface area (Å²) in [4.78, 5) is 28.7. The molecule has 0 unspecified atom stereocenters.